The fourth-order valence-electron chi connectivity index (χ4n) is 2.53. The minimum atomic E-state index is -0.582. The molecule has 0 atom stereocenters. The van der Waals surface area contributed by atoms with E-state index in [9.17, 15) is 9.90 Å². The Hall–Kier alpha value is -3.01. The van der Waals surface area contributed by atoms with Crippen LogP contribution in [-0.2, 0) is 4.79 Å². The maximum absolute atomic E-state index is 12.4. The van der Waals surface area contributed by atoms with Crippen molar-refractivity contribution in [2.75, 3.05) is 0 Å². The molecular weight excluding hydrogens is 338 g/mol. The van der Waals surface area contributed by atoms with Crippen LogP contribution in [0.3, 0.4) is 0 Å². The maximum Gasteiger partial charge on any atom is 0.342 e. The van der Waals surface area contributed by atoms with Crippen LogP contribution in [0.5, 0.6) is 5.75 Å². The van der Waals surface area contributed by atoms with Crippen LogP contribution >= 0.6 is 0 Å². The highest BCUT2D eigenvalue weighted by molar-refractivity contribution is 5.91. The van der Waals surface area contributed by atoms with E-state index in [0.717, 1.165) is 11.3 Å². The first-order valence-electron chi connectivity index (χ1n) is 8.91. The molecule has 0 aliphatic carbocycles. The lowest BCUT2D eigenvalue weighted by atomic mass is 10.00. The van der Waals surface area contributed by atoms with Gasteiger partial charge in [-0.25, -0.2) is 4.79 Å². The molecule has 0 aliphatic rings. The summed E-state index contributed by atoms with van der Waals surface area (Å²) >= 11 is 0. The van der Waals surface area contributed by atoms with Crippen LogP contribution < -0.4 is 10.1 Å². The molecule has 0 aromatic heterocycles. The number of aliphatic hydroxyl groups is 1. The van der Waals surface area contributed by atoms with Gasteiger partial charge in [0.1, 0.15) is 11.5 Å². The molecular formula is C23H27NO3. The summed E-state index contributed by atoms with van der Waals surface area (Å²) in [5.41, 5.74) is 2.22. The summed E-state index contributed by atoms with van der Waals surface area (Å²) in [5, 5.41) is 14.2. The van der Waals surface area contributed by atoms with Crippen molar-refractivity contribution in [1.82, 2.24) is 5.32 Å². The zero-order valence-corrected chi connectivity index (χ0v) is 16.5. The maximum atomic E-state index is 12.4. The van der Waals surface area contributed by atoms with Gasteiger partial charge < -0.3 is 15.2 Å². The lowest BCUT2D eigenvalue weighted by Crippen LogP contribution is -2.35. The van der Waals surface area contributed by atoms with E-state index in [1.54, 1.807) is 38.1 Å². The molecule has 0 unspecified atom stereocenters. The van der Waals surface area contributed by atoms with Gasteiger partial charge in [-0.2, -0.15) is 0 Å². The summed E-state index contributed by atoms with van der Waals surface area (Å²) in [4.78, 5) is 12.4. The minimum Gasteiger partial charge on any atom is -0.507 e. The smallest absolute Gasteiger partial charge is 0.342 e. The van der Waals surface area contributed by atoms with Crippen molar-refractivity contribution in [2.24, 2.45) is 0 Å². The summed E-state index contributed by atoms with van der Waals surface area (Å²) in [6.07, 6.45) is 0. The van der Waals surface area contributed by atoms with Gasteiger partial charge in [-0.3, -0.25) is 0 Å². The van der Waals surface area contributed by atoms with Gasteiger partial charge in [0.05, 0.1) is 5.57 Å². The molecule has 0 radical (unpaired) electrons. The van der Waals surface area contributed by atoms with Crippen molar-refractivity contribution in [3.8, 4) is 5.75 Å². The summed E-state index contributed by atoms with van der Waals surface area (Å²) in [6, 6.07) is 18.5. The Morgan fingerprint density at radius 3 is 1.93 bits per heavy atom. The van der Waals surface area contributed by atoms with Crippen molar-refractivity contribution < 1.29 is 14.6 Å². The van der Waals surface area contributed by atoms with E-state index >= 15 is 0 Å². The highest BCUT2D eigenvalue weighted by Gasteiger charge is 2.20. The zero-order chi connectivity index (χ0) is 20.0. The number of aliphatic hydroxyl groups excluding tert-OH is 1. The number of hydrogen-bond donors (Lipinski definition) is 2. The van der Waals surface area contributed by atoms with Gasteiger partial charge in [0.25, 0.3) is 0 Å². The van der Waals surface area contributed by atoms with Crippen molar-refractivity contribution in [3.63, 3.8) is 0 Å². The Balaban J connectivity index is 2.42. The van der Waals surface area contributed by atoms with E-state index in [1.165, 1.54) is 0 Å². The van der Waals surface area contributed by atoms with E-state index in [4.69, 9.17) is 4.74 Å². The SMILES string of the molecule is CC(=C(/NC(C)(C)C)c1ccccc1)/C(O)=C(/C)C(=O)Oc1ccccc1. The Bertz CT molecular complexity index is 844. The molecule has 2 aromatic carbocycles. The molecule has 142 valence electrons. The average Bonchev–Trinajstić information content (AvgIpc) is 2.65. The summed E-state index contributed by atoms with van der Waals surface area (Å²) < 4.78 is 5.33. The number of rotatable bonds is 5. The van der Waals surface area contributed by atoms with E-state index in [-0.39, 0.29) is 16.9 Å². The molecule has 0 saturated carbocycles. The molecule has 0 bridgehead atoms. The fraction of sp³-hybridized carbons (Fsp3) is 0.261. The van der Waals surface area contributed by atoms with Crippen LogP contribution in [0.2, 0.25) is 0 Å². The van der Waals surface area contributed by atoms with E-state index in [2.05, 4.69) is 5.32 Å². The van der Waals surface area contributed by atoms with Crippen LogP contribution in [0.25, 0.3) is 5.70 Å². The van der Waals surface area contributed by atoms with Gasteiger partial charge >= 0.3 is 5.97 Å². The molecule has 0 fully saturated rings. The second-order valence-electron chi connectivity index (χ2n) is 7.42. The number of carbonyl (C=O) groups excluding carboxylic acids is 1. The number of allylic oxidation sites excluding steroid dienone is 1. The van der Waals surface area contributed by atoms with Gasteiger partial charge in [0.2, 0.25) is 0 Å². The Kier molecular flexibility index (Phi) is 6.45. The number of ether oxygens (including phenoxy) is 1. The second kappa shape index (κ2) is 8.58. The van der Waals surface area contributed by atoms with Crippen LogP contribution in [0.1, 0.15) is 40.2 Å². The fourth-order valence-corrected chi connectivity index (χ4v) is 2.53. The number of carbonyl (C=O) groups is 1. The van der Waals surface area contributed by atoms with Crippen molar-refractivity contribution in [2.45, 2.75) is 40.2 Å². The lowest BCUT2D eigenvalue weighted by molar-refractivity contribution is -0.130. The number of para-hydroxylation sites is 1. The molecule has 27 heavy (non-hydrogen) atoms. The lowest BCUT2D eigenvalue weighted by Gasteiger charge is -2.26. The van der Waals surface area contributed by atoms with Gasteiger partial charge in [-0.15, -0.1) is 0 Å². The first-order chi connectivity index (χ1) is 12.7. The van der Waals surface area contributed by atoms with Crippen LogP contribution in [0, 0.1) is 0 Å². The van der Waals surface area contributed by atoms with Gasteiger partial charge in [-0.05, 0) is 52.3 Å². The summed E-state index contributed by atoms with van der Waals surface area (Å²) in [5.74, 6) is -0.236. The molecule has 0 amide bonds. The van der Waals surface area contributed by atoms with E-state index in [0.29, 0.717) is 11.3 Å². The first-order valence-corrected chi connectivity index (χ1v) is 8.91. The van der Waals surface area contributed by atoms with Crippen molar-refractivity contribution in [3.05, 3.63) is 83.1 Å². The van der Waals surface area contributed by atoms with Crippen LogP contribution in [0.15, 0.2) is 77.6 Å². The third kappa shape index (κ3) is 5.74. The third-order valence-corrected chi connectivity index (χ3v) is 3.91. The monoisotopic (exact) mass is 365 g/mol. The predicted molar refractivity (Wildman–Crippen MR) is 109 cm³/mol. The summed E-state index contributed by atoms with van der Waals surface area (Å²) in [6.45, 7) is 9.47. The minimum absolute atomic E-state index is 0.0912. The number of nitrogens with one attached hydrogen (secondary N) is 1. The molecule has 4 nitrogen and oxygen atoms in total. The normalized spacial score (nSPS) is 13.4. The van der Waals surface area contributed by atoms with Gasteiger partial charge in [0, 0.05) is 16.8 Å². The average molecular weight is 365 g/mol. The molecule has 2 N–H and O–H groups in total. The molecule has 0 spiro atoms. The van der Waals surface area contributed by atoms with Crippen LogP contribution in [0.4, 0.5) is 0 Å². The largest absolute Gasteiger partial charge is 0.507 e. The molecule has 2 aromatic rings. The predicted octanol–water partition coefficient (Wildman–Crippen LogP) is 5.24. The number of hydrogen-bond acceptors (Lipinski definition) is 4. The van der Waals surface area contributed by atoms with E-state index < -0.39 is 5.97 Å². The Morgan fingerprint density at radius 2 is 1.41 bits per heavy atom. The Morgan fingerprint density at radius 1 is 0.889 bits per heavy atom. The molecule has 4 heteroatoms. The number of benzene rings is 2. The summed E-state index contributed by atoms with van der Waals surface area (Å²) in [7, 11) is 0. The number of esters is 1. The molecule has 0 aliphatic heterocycles. The molecule has 2 rings (SSSR count). The highest BCUT2D eigenvalue weighted by atomic mass is 16.5. The zero-order valence-electron chi connectivity index (χ0n) is 16.5. The van der Waals surface area contributed by atoms with Gasteiger partial charge in [0.15, 0.2) is 0 Å². The van der Waals surface area contributed by atoms with E-state index in [1.807, 2.05) is 57.2 Å². The molecule has 0 heterocycles. The highest BCUT2D eigenvalue weighted by Crippen LogP contribution is 2.25. The van der Waals surface area contributed by atoms with Crippen molar-refractivity contribution >= 4 is 11.7 Å². The first kappa shape index (κ1) is 20.3. The van der Waals surface area contributed by atoms with Gasteiger partial charge in [-0.1, -0.05) is 48.5 Å². The molecule has 0 saturated heterocycles. The quantitative estimate of drug-likeness (QED) is 0.250. The van der Waals surface area contributed by atoms with Crippen molar-refractivity contribution in [1.29, 1.82) is 0 Å². The topological polar surface area (TPSA) is 58.6 Å². The third-order valence-electron chi connectivity index (χ3n) is 3.91. The van der Waals surface area contributed by atoms with Crippen LogP contribution in [-0.4, -0.2) is 16.6 Å². The standard InChI is InChI=1S/C23H27NO3/c1-16(20(24-23(3,4)5)18-12-8-6-9-13-18)21(25)17(2)22(26)27-19-14-10-7-11-15-19/h6-15,24-25H,1-5H3/b20-16-,21-17+. The second-order valence-corrected chi connectivity index (χ2v) is 7.42. The Labute approximate surface area is 161 Å².